The summed E-state index contributed by atoms with van der Waals surface area (Å²) in [5, 5.41) is 10.7. The second kappa shape index (κ2) is 4.64. The van der Waals surface area contributed by atoms with Crippen molar-refractivity contribution in [3.63, 3.8) is 0 Å². The predicted molar refractivity (Wildman–Crippen MR) is 65.6 cm³/mol. The van der Waals surface area contributed by atoms with E-state index < -0.39 is 4.92 Å². The Morgan fingerprint density at radius 3 is 2.89 bits per heavy atom. The Labute approximate surface area is 104 Å². The normalized spacial score (nSPS) is 18.1. The van der Waals surface area contributed by atoms with Crippen molar-refractivity contribution in [1.82, 2.24) is 0 Å². The van der Waals surface area contributed by atoms with Crippen LogP contribution in [0.5, 0.6) is 0 Å². The summed E-state index contributed by atoms with van der Waals surface area (Å²) in [6, 6.07) is 4.73. The van der Waals surface area contributed by atoms with Crippen molar-refractivity contribution < 1.29 is 14.5 Å². The number of nitrogens with zero attached hydrogens (tertiary/aromatic N) is 2. The average Bonchev–Trinajstić information content (AvgIpc) is 2.36. The number of nitro groups is 1. The Morgan fingerprint density at radius 2 is 2.28 bits per heavy atom. The molecule has 0 aliphatic carbocycles. The van der Waals surface area contributed by atoms with E-state index in [4.69, 9.17) is 4.74 Å². The van der Waals surface area contributed by atoms with Gasteiger partial charge in [-0.15, -0.1) is 0 Å². The second-order valence-corrected chi connectivity index (χ2v) is 4.37. The van der Waals surface area contributed by atoms with E-state index in [1.165, 1.54) is 19.2 Å². The molecule has 18 heavy (non-hydrogen) atoms. The number of esters is 1. The summed E-state index contributed by atoms with van der Waals surface area (Å²) in [4.78, 5) is 23.8. The number of hydrogen-bond acceptors (Lipinski definition) is 5. The van der Waals surface area contributed by atoms with E-state index >= 15 is 0 Å². The zero-order valence-corrected chi connectivity index (χ0v) is 10.3. The summed E-state index contributed by atoms with van der Waals surface area (Å²) in [6.45, 7) is 0.567. The van der Waals surface area contributed by atoms with Crippen LogP contribution in [0.1, 0.15) is 5.56 Å². The number of methoxy groups -OCH3 is 1. The van der Waals surface area contributed by atoms with Crippen molar-refractivity contribution in [3.8, 4) is 0 Å². The van der Waals surface area contributed by atoms with Gasteiger partial charge in [0, 0.05) is 31.4 Å². The number of ether oxygens (including phenoxy) is 1. The number of non-ortho nitro benzene ring substituents is 1. The monoisotopic (exact) mass is 250 g/mol. The first-order chi connectivity index (χ1) is 8.52. The smallest absolute Gasteiger partial charge is 0.310 e. The molecule has 1 aromatic carbocycles. The highest BCUT2D eigenvalue weighted by Crippen LogP contribution is 2.31. The summed E-state index contributed by atoms with van der Waals surface area (Å²) >= 11 is 0. The van der Waals surface area contributed by atoms with Gasteiger partial charge in [-0.25, -0.2) is 0 Å². The largest absolute Gasteiger partial charge is 0.469 e. The van der Waals surface area contributed by atoms with Crippen molar-refractivity contribution in [2.24, 2.45) is 5.92 Å². The molecule has 0 aromatic heterocycles. The van der Waals surface area contributed by atoms with Gasteiger partial charge in [0.1, 0.15) is 0 Å². The fraction of sp³-hybridized carbons (Fsp3) is 0.417. The summed E-state index contributed by atoms with van der Waals surface area (Å²) in [7, 11) is 3.21. The number of benzene rings is 1. The Balaban J connectivity index is 2.35. The Kier molecular flexibility index (Phi) is 3.18. The number of hydrogen-bond donors (Lipinski definition) is 0. The van der Waals surface area contributed by atoms with Crippen LogP contribution in [0.25, 0.3) is 0 Å². The van der Waals surface area contributed by atoms with Crippen molar-refractivity contribution in [2.75, 3.05) is 25.6 Å². The average molecular weight is 250 g/mol. The van der Waals surface area contributed by atoms with Gasteiger partial charge >= 0.3 is 5.97 Å². The number of nitro benzene ring substituents is 1. The number of fused-ring (bicyclic) bond motifs is 1. The summed E-state index contributed by atoms with van der Waals surface area (Å²) in [5.74, 6) is -0.548. The lowest BCUT2D eigenvalue weighted by Crippen LogP contribution is -2.37. The van der Waals surface area contributed by atoms with Crippen LogP contribution in [-0.4, -0.2) is 31.6 Å². The molecule has 0 unspecified atom stereocenters. The van der Waals surface area contributed by atoms with Crippen LogP contribution in [0.4, 0.5) is 11.4 Å². The standard InChI is InChI=1S/C12H14N2O4/c1-13-7-9(12(15)18-2)5-8-6-10(14(16)17)3-4-11(8)13/h3-4,6,9H,5,7H2,1-2H3/t9-/m1/s1. The number of carbonyl (C=O) groups excluding carboxylic acids is 1. The molecule has 0 spiro atoms. The highest BCUT2D eigenvalue weighted by Gasteiger charge is 2.29. The molecule has 0 fully saturated rings. The quantitative estimate of drug-likeness (QED) is 0.450. The van der Waals surface area contributed by atoms with Gasteiger partial charge in [0.25, 0.3) is 5.69 Å². The molecule has 1 aromatic rings. The maximum absolute atomic E-state index is 11.6. The van der Waals surface area contributed by atoms with Gasteiger partial charge in [-0.1, -0.05) is 0 Å². The molecule has 0 saturated heterocycles. The minimum Gasteiger partial charge on any atom is -0.469 e. The topological polar surface area (TPSA) is 72.7 Å². The van der Waals surface area contributed by atoms with Crippen molar-refractivity contribution in [2.45, 2.75) is 6.42 Å². The van der Waals surface area contributed by atoms with Crippen LogP contribution in [-0.2, 0) is 16.0 Å². The zero-order chi connectivity index (χ0) is 13.3. The van der Waals surface area contributed by atoms with E-state index in [-0.39, 0.29) is 17.6 Å². The molecule has 1 atom stereocenters. The van der Waals surface area contributed by atoms with Crippen LogP contribution < -0.4 is 4.90 Å². The molecular weight excluding hydrogens is 236 g/mol. The van der Waals surface area contributed by atoms with Crippen molar-refractivity contribution >= 4 is 17.3 Å². The summed E-state index contributed by atoms with van der Waals surface area (Å²) in [6.07, 6.45) is 0.480. The van der Waals surface area contributed by atoms with Crippen LogP contribution in [0.15, 0.2) is 18.2 Å². The molecule has 0 radical (unpaired) electrons. The Morgan fingerprint density at radius 1 is 1.56 bits per heavy atom. The molecule has 1 aliphatic rings. The third-order valence-corrected chi connectivity index (χ3v) is 3.18. The van der Waals surface area contributed by atoms with Gasteiger partial charge in [0.2, 0.25) is 0 Å². The maximum Gasteiger partial charge on any atom is 0.310 e. The molecule has 0 bridgehead atoms. The molecule has 96 valence electrons. The molecule has 6 heteroatoms. The van der Waals surface area contributed by atoms with Crippen molar-refractivity contribution in [3.05, 3.63) is 33.9 Å². The van der Waals surface area contributed by atoms with Gasteiger partial charge in [0.05, 0.1) is 18.0 Å². The SMILES string of the molecule is COC(=O)[C@@H]1Cc2cc([N+](=O)[O-])ccc2N(C)C1. The van der Waals surface area contributed by atoms with Gasteiger partial charge in [0.15, 0.2) is 0 Å². The first kappa shape index (κ1) is 12.3. The van der Waals surface area contributed by atoms with Gasteiger partial charge < -0.3 is 9.64 Å². The molecular formula is C12H14N2O4. The lowest BCUT2D eigenvalue weighted by atomic mass is 9.92. The van der Waals surface area contributed by atoms with E-state index in [2.05, 4.69) is 0 Å². The third-order valence-electron chi connectivity index (χ3n) is 3.18. The molecule has 6 nitrogen and oxygen atoms in total. The fourth-order valence-electron chi connectivity index (χ4n) is 2.30. The molecule has 1 heterocycles. The fourth-order valence-corrected chi connectivity index (χ4v) is 2.30. The van der Waals surface area contributed by atoms with Gasteiger partial charge in [-0.05, 0) is 18.1 Å². The molecule has 2 rings (SSSR count). The third kappa shape index (κ3) is 2.13. The first-order valence-electron chi connectivity index (χ1n) is 5.59. The maximum atomic E-state index is 11.6. The highest BCUT2D eigenvalue weighted by molar-refractivity contribution is 5.76. The van der Waals surface area contributed by atoms with E-state index in [1.54, 1.807) is 6.07 Å². The van der Waals surface area contributed by atoms with Crippen molar-refractivity contribution in [1.29, 1.82) is 0 Å². The number of anilines is 1. The van der Waals surface area contributed by atoms with Crippen LogP contribution in [0.3, 0.4) is 0 Å². The molecule has 0 amide bonds. The van der Waals surface area contributed by atoms with Crippen LogP contribution in [0.2, 0.25) is 0 Å². The lowest BCUT2D eigenvalue weighted by molar-refractivity contribution is -0.384. The Bertz CT molecular complexity index is 501. The van der Waals surface area contributed by atoms with E-state index in [0.29, 0.717) is 13.0 Å². The minimum absolute atomic E-state index is 0.0488. The van der Waals surface area contributed by atoms with E-state index in [0.717, 1.165) is 11.3 Å². The summed E-state index contributed by atoms with van der Waals surface area (Å²) < 4.78 is 4.73. The van der Waals surface area contributed by atoms with Gasteiger partial charge in [-0.2, -0.15) is 0 Å². The minimum atomic E-state index is -0.429. The van der Waals surface area contributed by atoms with E-state index in [1.807, 2.05) is 11.9 Å². The van der Waals surface area contributed by atoms with E-state index in [9.17, 15) is 14.9 Å². The Hall–Kier alpha value is -2.11. The molecule has 0 saturated carbocycles. The first-order valence-corrected chi connectivity index (χ1v) is 5.59. The number of rotatable bonds is 2. The molecule has 0 N–H and O–H groups in total. The predicted octanol–water partition coefficient (Wildman–Crippen LogP) is 1.38. The van der Waals surface area contributed by atoms with Crippen LogP contribution >= 0.6 is 0 Å². The second-order valence-electron chi connectivity index (χ2n) is 4.37. The molecule has 1 aliphatic heterocycles. The zero-order valence-electron chi connectivity index (χ0n) is 10.3. The highest BCUT2D eigenvalue weighted by atomic mass is 16.6. The van der Waals surface area contributed by atoms with Crippen LogP contribution in [0, 0.1) is 16.0 Å². The van der Waals surface area contributed by atoms with Gasteiger partial charge in [-0.3, -0.25) is 14.9 Å². The summed E-state index contributed by atoms with van der Waals surface area (Å²) in [5.41, 5.74) is 1.79. The lowest BCUT2D eigenvalue weighted by Gasteiger charge is -2.31. The number of carbonyl (C=O) groups is 1.